The second kappa shape index (κ2) is 14.5. The third-order valence-corrected chi connectivity index (χ3v) is 9.49. The van der Waals surface area contributed by atoms with Crippen molar-refractivity contribution in [3.8, 4) is 0 Å². The largest absolute Gasteiger partial charge is 0.381 e. The van der Waals surface area contributed by atoms with Crippen molar-refractivity contribution in [3.63, 3.8) is 0 Å². The summed E-state index contributed by atoms with van der Waals surface area (Å²) >= 11 is 0. The van der Waals surface area contributed by atoms with Gasteiger partial charge >= 0.3 is 0 Å². The molecule has 0 aliphatic carbocycles. The smallest absolute Gasteiger partial charge is 0.271 e. The summed E-state index contributed by atoms with van der Waals surface area (Å²) in [6, 6.07) is 21.1. The van der Waals surface area contributed by atoms with E-state index in [0.29, 0.717) is 28.3 Å². The van der Waals surface area contributed by atoms with E-state index in [0.717, 1.165) is 24.3 Å². The number of anilines is 1. The number of imide groups is 1. The van der Waals surface area contributed by atoms with Crippen LogP contribution in [0.2, 0.25) is 0 Å². The van der Waals surface area contributed by atoms with Crippen molar-refractivity contribution in [2.45, 2.75) is 18.0 Å². The quantitative estimate of drug-likeness (QED) is 0.0685. The topological polar surface area (TPSA) is 156 Å². The third-order valence-electron chi connectivity index (χ3n) is 8.14. The molecule has 11 nitrogen and oxygen atoms in total. The molecule has 0 spiro atoms. The van der Waals surface area contributed by atoms with Crippen molar-refractivity contribution < 1.29 is 45.3 Å². The van der Waals surface area contributed by atoms with Crippen LogP contribution in [0.3, 0.4) is 0 Å². The van der Waals surface area contributed by atoms with Gasteiger partial charge in [-0.2, -0.15) is 0 Å². The van der Waals surface area contributed by atoms with Gasteiger partial charge in [-0.15, -0.1) is 0 Å². The lowest BCUT2D eigenvalue weighted by Gasteiger charge is -2.16. The van der Waals surface area contributed by atoms with Crippen molar-refractivity contribution in [2.75, 3.05) is 5.32 Å². The van der Waals surface area contributed by atoms with Crippen molar-refractivity contribution >= 4 is 50.3 Å². The predicted molar refractivity (Wildman–Crippen MR) is 183 cm³/mol. The Bertz CT molecular complexity index is 2380. The molecule has 1 aliphatic heterocycles. The van der Waals surface area contributed by atoms with Gasteiger partial charge in [-0.25, -0.2) is 30.7 Å². The number of hydrogen-bond donors (Lipinski definition) is 2. The minimum atomic E-state index is -4.33. The molecule has 0 unspecified atom stereocenters. The van der Waals surface area contributed by atoms with Crippen molar-refractivity contribution in [3.05, 3.63) is 170 Å². The van der Waals surface area contributed by atoms with E-state index in [4.69, 9.17) is 0 Å². The number of non-ortho nitro benzene ring substituents is 1. The highest BCUT2D eigenvalue weighted by atomic mass is 32.2. The van der Waals surface area contributed by atoms with E-state index in [1.54, 1.807) is 6.07 Å². The number of rotatable bonds is 11. The van der Waals surface area contributed by atoms with Gasteiger partial charge in [0.25, 0.3) is 33.4 Å². The van der Waals surface area contributed by atoms with Gasteiger partial charge in [-0.05, 0) is 65.7 Å². The van der Waals surface area contributed by atoms with Gasteiger partial charge in [0.2, 0.25) is 0 Å². The number of sulfonamides is 1. The van der Waals surface area contributed by atoms with Crippen LogP contribution in [0.25, 0.3) is 11.1 Å². The number of nitrogens with one attached hydrogen (secondary N) is 2. The molecule has 0 atom stereocenters. The van der Waals surface area contributed by atoms with Crippen molar-refractivity contribution in [1.82, 2.24) is 9.62 Å². The highest BCUT2D eigenvalue weighted by Gasteiger charge is 2.41. The average Bonchev–Trinajstić information content (AvgIpc) is 3.35. The highest BCUT2D eigenvalue weighted by Crippen LogP contribution is 2.38. The van der Waals surface area contributed by atoms with Gasteiger partial charge in [0.15, 0.2) is 0 Å². The molecule has 6 rings (SSSR count). The normalized spacial score (nSPS) is 13.0. The van der Waals surface area contributed by atoms with Crippen LogP contribution in [-0.2, 0) is 32.7 Å². The Labute approximate surface area is 298 Å². The van der Waals surface area contributed by atoms with E-state index in [-0.39, 0.29) is 28.3 Å². The Hall–Kier alpha value is -6.68. The van der Waals surface area contributed by atoms with Crippen molar-refractivity contribution in [2.24, 2.45) is 0 Å². The van der Waals surface area contributed by atoms with Crippen LogP contribution in [0, 0.1) is 33.4 Å². The fourth-order valence-electron chi connectivity index (χ4n) is 5.51. The molecule has 0 fully saturated rings. The maximum atomic E-state index is 14.9. The summed E-state index contributed by atoms with van der Waals surface area (Å²) in [6.07, 6.45) is 0. The lowest BCUT2D eigenvalue weighted by molar-refractivity contribution is -0.384. The standard InChI is InChI=1S/C37H24F4N4O7S/c38-24-10-14-29(31(40)16-24)33-34(30-15-11-25(39)17-32(30)41)37(48)44(36(33)47)20-22-4-8-23(9-5-22)35(46)43-53(51,52)28-12-6-21(7-13-28)19-42-26-2-1-3-27(18-26)45(49)50/h1-18,42H,19-20H2,(H,43,46). The number of nitrogens with zero attached hydrogens (tertiary/aromatic N) is 2. The van der Waals surface area contributed by atoms with Gasteiger partial charge in [-0.3, -0.25) is 29.4 Å². The van der Waals surface area contributed by atoms with Gasteiger partial charge in [0.05, 0.1) is 27.5 Å². The molecule has 0 aromatic heterocycles. The van der Waals surface area contributed by atoms with Crippen LogP contribution in [0.15, 0.2) is 114 Å². The number of carbonyl (C=O) groups is 3. The summed E-state index contributed by atoms with van der Waals surface area (Å²) < 4.78 is 85.0. The molecule has 0 radical (unpaired) electrons. The van der Waals surface area contributed by atoms with E-state index in [9.17, 15) is 50.5 Å². The van der Waals surface area contributed by atoms with Crippen LogP contribution in [-0.4, -0.2) is 36.0 Å². The first-order valence-electron chi connectivity index (χ1n) is 15.5. The summed E-state index contributed by atoms with van der Waals surface area (Å²) in [7, 11) is -4.33. The van der Waals surface area contributed by atoms with E-state index in [2.05, 4.69) is 5.32 Å². The lowest BCUT2D eigenvalue weighted by atomic mass is 9.95. The predicted octanol–water partition coefficient (Wildman–Crippen LogP) is 6.36. The molecule has 0 bridgehead atoms. The number of nitro benzene ring substituents is 1. The molecule has 268 valence electrons. The molecule has 5 aromatic rings. The van der Waals surface area contributed by atoms with Crippen LogP contribution in [0.1, 0.15) is 32.6 Å². The Balaban J connectivity index is 1.14. The molecule has 16 heteroatoms. The number of carbonyl (C=O) groups excluding carboxylic acids is 3. The number of benzene rings is 5. The summed E-state index contributed by atoms with van der Waals surface area (Å²) in [4.78, 5) is 51.0. The molecule has 1 heterocycles. The first kappa shape index (κ1) is 36.1. The monoisotopic (exact) mass is 744 g/mol. The molecular weight excluding hydrogens is 720 g/mol. The summed E-state index contributed by atoms with van der Waals surface area (Å²) in [5.74, 6) is -7.40. The Morgan fingerprint density at radius 2 is 1.26 bits per heavy atom. The summed E-state index contributed by atoms with van der Waals surface area (Å²) in [6.45, 7) is -0.224. The molecule has 0 saturated carbocycles. The molecular formula is C37H24F4N4O7S. The fourth-order valence-corrected chi connectivity index (χ4v) is 6.48. The van der Waals surface area contributed by atoms with Crippen LogP contribution in [0.4, 0.5) is 28.9 Å². The average molecular weight is 745 g/mol. The first-order chi connectivity index (χ1) is 25.2. The minimum absolute atomic E-state index is 0.0965. The SMILES string of the molecule is O=C(NS(=O)(=O)c1ccc(CNc2cccc([N+](=O)[O-])c2)cc1)c1ccc(CN2C(=O)C(c3ccc(F)cc3F)=C(c3ccc(F)cc3F)C2=O)cc1. The minimum Gasteiger partial charge on any atom is -0.381 e. The van der Waals surface area contributed by atoms with E-state index < -0.39 is 84.8 Å². The van der Waals surface area contributed by atoms with Crippen LogP contribution < -0.4 is 10.0 Å². The maximum absolute atomic E-state index is 14.9. The molecule has 53 heavy (non-hydrogen) atoms. The third kappa shape index (κ3) is 7.67. The van der Waals surface area contributed by atoms with E-state index in [1.807, 2.05) is 4.72 Å². The lowest BCUT2D eigenvalue weighted by Crippen LogP contribution is -2.31. The first-order valence-corrected chi connectivity index (χ1v) is 16.9. The van der Waals surface area contributed by atoms with Gasteiger partial charge in [0, 0.05) is 53.2 Å². The second-order valence-corrected chi connectivity index (χ2v) is 13.3. The Morgan fingerprint density at radius 3 is 1.79 bits per heavy atom. The highest BCUT2D eigenvalue weighted by molar-refractivity contribution is 7.90. The Kier molecular flexibility index (Phi) is 9.89. The van der Waals surface area contributed by atoms with E-state index in [1.165, 1.54) is 66.7 Å². The van der Waals surface area contributed by atoms with Gasteiger partial charge < -0.3 is 5.32 Å². The zero-order valence-corrected chi connectivity index (χ0v) is 27.8. The number of nitro groups is 1. The van der Waals surface area contributed by atoms with Gasteiger partial charge in [0.1, 0.15) is 23.3 Å². The summed E-state index contributed by atoms with van der Waals surface area (Å²) in [5.41, 5.74) is -0.891. The molecule has 3 amide bonds. The Morgan fingerprint density at radius 1 is 0.717 bits per heavy atom. The molecule has 0 saturated heterocycles. The number of hydrogen-bond acceptors (Lipinski definition) is 8. The van der Waals surface area contributed by atoms with Crippen LogP contribution >= 0.6 is 0 Å². The second-order valence-electron chi connectivity index (χ2n) is 11.6. The zero-order chi connectivity index (χ0) is 38.0. The molecule has 2 N–H and O–H groups in total. The van der Waals surface area contributed by atoms with Gasteiger partial charge in [-0.1, -0.05) is 30.3 Å². The number of halogens is 4. The molecule has 1 aliphatic rings. The zero-order valence-electron chi connectivity index (χ0n) is 27.0. The summed E-state index contributed by atoms with van der Waals surface area (Å²) in [5, 5.41) is 14.0. The molecule has 5 aromatic carbocycles. The number of amides is 3. The maximum Gasteiger partial charge on any atom is 0.271 e. The van der Waals surface area contributed by atoms with Crippen LogP contribution in [0.5, 0.6) is 0 Å². The van der Waals surface area contributed by atoms with Crippen molar-refractivity contribution in [1.29, 1.82) is 0 Å². The fraction of sp³-hybridized carbons (Fsp3) is 0.0541. The van der Waals surface area contributed by atoms with E-state index >= 15 is 0 Å².